The van der Waals surface area contributed by atoms with Gasteiger partial charge in [-0.3, -0.25) is 4.79 Å². The monoisotopic (exact) mass is 638 g/mol. The smallest absolute Gasteiger partial charge is 0.222 e. The normalized spacial score (nSPS) is 13.8. The van der Waals surface area contributed by atoms with Gasteiger partial charge in [0.05, 0.1) is 31.3 Å². The fourth-order valence-corrected chi connectivity index (χ4v) is 6.23. The number of aliphatic hydroxyl groups is 3. The van der Waals surface area contributed by atoms with E-state index in [4.69, 9.17) is 0 Å². The summed E-state index contributed by atoms with van der Waals surface area (Å²) in [7, 11) is 0. The molecule has 0 aliphatic carbocycles. The average molecular weight is 638 g/mol. The highest BCUT2D eigenvalue weighted by Gasteiger charge is 2.21. The van der Waals surface area contributed by atoms with Gasteiger partial charge in [-0.15, -0.1) is 0 Å². The molecule has 1 amide bonds. The highest BCUT2D eigenvalue weighted by atomic mass is 16.3. The minimum Gasteiger partial charge on any atom is -0.394 e. The molecule has 0 aromatic rings. The molecule has 0 rings (SSSR count). The second-order valence-corrected chi connectivity index (χ2v) is 13.9. The summed E-state index contributed by atoms with van der Waals surface area (Å²) in [6.45, 7) is 4.19. The van der Waals surface area contributed by atoms with Crippen LogP contribution in [0.2, 0.25) is 0 Å². The van der Waals surface area contributed by atoms with Crippen molar-refractivity contribution < 1.29 is 20.1 Å². The van der Waals surface area contributed by atoms with Crippen molar-refractivity contribution in [2.24, 2.45) is 0 Å². The molecular formula is C40H79NO4. The summed E-state index contributed by atoms with van der Waals surface area (Å²) < 4.78 is 0. The van der Waals surface area contributed by atoms with Crippen LogP contribution in [0.15, 0.2) is 12.2 Å². The second kappa shape index (κ2) is 35.9. The summed E-state index contributed by atoms with van der Waals surface area (Å²) in [5, 5.41) is 33.0. The van der Waals surface area contributed by atoms with Crippen molar-refractivity contribution in [3.8, 4) is 0 Å². The predicted molar refractivity (Wildman–Crippen MR) is 195 cm³/mol. The summed E-state index contributed by atoms with van der Waals surface area (Å²) >= 11 is 0. The number of unbranched alkanes of at least 4 members (excludes halogenated alkanes) is 26. The van der Waals surface area contributed by atoms with Crippen LogP contribution in [0, 0.1) is 0 Å². The minimum atomic E-state index is -0.756. The Hall–Kier alpha value is -0.910. The molecule has 0 saturated heterocycles. The van der Waals surface area contributed by atoms with E-state index in [0.29, 0.717) is 12.8 Å². The van der Waals surface area contributed by atoms with Crippen molar-refractivity contribution in [1.82, 2.24) is 5.32 Å². The molecule has 45 heavy (non-hydrogen) atoms. The Morgan fingerprint density at radius 1 is 0.556 bits per heavy atom. The van der Waals surface area contributed by atoms with Crippen LogP contribution in [-0.2, 0) is 4.79 Å². The number of allylic oxidation sites excluding steroid dienone is 1. The van der Waals surface area contributed by atoms with Gasteiger partial charge in [0.1, 0.15) is 0 Å². The lowest BCUT2D eigenvalue weighted by molar-refractivity contribution is -0.125. The van der Waals surface area contributed by atoms with Crippen LogP contribution < -0.4 is 5.32 Å². The molecule has 0 aliphatic heterocycles. The molecule has 5 nitrogen and oxygen atoms in total. The van der Waals surface area contributed by atoms with Crippen LogP contribution in [0.3, 0.4) is 0 Å². The SMILES string of the molecule is CCCCCC/C=C\CC(O)CC(=O)NC(CO)C(O)CCCCCCCCCCCCCCCCCCCCCCCCC. The largest absolute Gasteiger partial charge is 0.394 e. The van der Waals surface area contributed by atoms with Gasteiger partial charge in [0.15, 0.2) is 0 Å². The molecule has 0 saturated carbocycles. The Bertz CT molecular complexity index is 625. The molecule has 4 N–H and O–H groups in total. The van der Waals surface area contributed by atoms with Crippen LogP contribution >= 0.6 is 0 Å². The molecule has 0 aromatic heterocycles. The molecule has 3 unspecified atom stereocenters. The first-order chi connectivity index (χ1) is 22.0. The van der Waals surface area contributed by atoms with E-state index in [0.717, 1.165) is 25.7 Å². The Morgan fingerprint density at radius 3 is 1.33 bits per heavy atom. The lowest BCUT2D eigenvalue weighted by atomic mass is 10.0. The van der Waals surface area contributed by atoms with E-state index >= 15 is 0 Å². The number of carbonyl (C=O) groups is 1. The molecule has 0 heterocycles. The fourth-order valence-electron chi connectivity index (χ4n) is 6.23. The standard InChI is InChI=1S/C40H79NO4/c1-3-5-7-9-11-12-13-14-15-16-17-18-19-20-21-22-23-24-25-26-28-30-32-34-39(44)38(36-42)41-40(45)35-37(43)33-31-29-27-10-8-6-4-2/h29,31,37-39,42-44H,3-28,30,32-36H2,1-2H3,(H,41,45)/b31-29-. The Morgan fingerprint density at radius 2 is 0.933 bits per heavy atom. The second-order valence-electron chi connectivity index (χ2n) is 13.9. The highest BCUT2D eigenvalue weighted by molar-refractivity contribution is 5.76. The van der Waals surface area contributed by atoms with Crippen molar-refractivity contribution in [3.05, 3.63) is 12.2 Å². The number of hydrogen-bond acceptors (Lipinski definition) is 4. The third-order valence-corrected chi connectivity index (χ3v) is 9.33. The maximum absolute atomic E-state index is 12.3. The van der Waals surface area contributed by atoms with E-state index in [2.05, 4.69) is 25.2 Å². The van der Waals surface area contributed by atoms with E-state index in [1.807, 2.05) is 6.08 Å². The van der Waals surface area contributed by atoms with E-state index < -0.39 is 18.2 Å². The van der Waals surface area contributed by atoms with Gasteiger partial charge in [0.25, 0.3) is 0 Å². The summed E-state index contributed by atoms with van der Waals surface area (Å²) in [4.78, 5) is 12.3. The summed E-state index contributed by atoms with van der Waals surface area (Å²) in [6, 6.07) is -0.668. The van der Waals surface area contributed by atoms with Gasteiger partial charge in [-0.05, 0) is 25.7 Å². The van der Waals surface area contributed by atoms with Crippen LogP contribution in [0.1, 0.15) is 213 Å². The molecule has 0 radical (unpaired) electrons. The van der Waals surface area contributed by atoms with Crippen LogP contribution in [0.25, 0.3) is 0 Å². The number of amides is 1. The molecule has 5 heteroatoms. The van der Waals surface area contributed by atoms with Crippen molar-refractivity contribution in [2.75, 3.05) is 6.61 Å². The quantitative estimate of drug-likeness (QED) is 0.0406. The van der Waals surface area contributed by atoms with Crippen molar-refractivity contribution in [2.45, 2.75) is 231 Å². The van der Waals surface area contributed by atoms with Gasteiger partial charge in [-0.1, -0.05) is 193 Å². The third-order valence-electron chi connectivity index (χ3n) is 9.33. The van der Waals surface area contributed by atoms with E-state index in [1.54, 1.807) is 0 Å². The zero-order chi connectivity index (χ0) is 33.1. The molecule has 0 aliphatic rings. The molecule has 3 atom stereocenters. The first kappa shape index (κ1) is 44.1. The topological polar surface area (TPSA) is 89.8 Å². The number of nitrogens with one attached hydrogen (secondary N) is 1. The number of hydrogen-bond donors (Lipinski definition) is 4. The number of carbonyl (C=O) groups excluding carboxylic acids is 1. The van der Waals surface area contributed by atoms with Gasteiger partial charge in [-0.2, -0.15) is 0 Å². The lowest BCUT2D eigenvalue weighted by Gasteiger charge is -2.23. The highest BCUT2D eigenvalue weighted by Crippen LogP contribution is 2.16. The van der Waals surface area contributed by atoms with Gasteiger partial charge in [-0.25, -0.2) is 0 Å². The van der Waals surface area contributed by atoms with E-state index in [1.165, 1.54) is 154 Å². The van der Waals surface area contributed by atoms with Crippen molar-refractivity contribution in [1.29, 1.82) is 0 Å². The molecule has 0 spiro atoms. The van der Waals surface area contributed by atoms with Gasteiger partial charge >= 0.3 is 0 Å². The number of rotatable bonds is 36. The molecule has 0 fully saturated rings. The van der Waals surface area contributed by atoms with Crippen molar-refractivity contribution >= 4 is 5.91 Å². The van der Waals surface area contributed by atoms with E-state index in [-0.39, 0.29) is 18.9 Å². The molecule has 0 bridgehead atoms. The fraction of sp³-hybridized carbons (Fsp3) is 0.925. The summed E-state index contributed by atoms with van der Waals surface area (Å²) in [6.07, 6.45) is 40.7. The van der Waals surface area contributed by atoms with Crippen LogP contribution in [0.5, 0.6) is 0 Å². The van der Waals surface area contributed by atoms with Crippen molar-refractivity contribution in [3.63, 3.8) is 0 Å². The summed E-state index contributed by atoms with van der Waals surface area (Å²) in [5.41, 5.74) is 0. The van der Waals surface area contributed by atoms with Gasteiger partial charge in [0, 0.05) is 0 Å². The van der Waals surface area contributed by atoms with Gasteiger partial charge in [0.2, 0.25) is 5.91 Å². The molecular weight excluding hydrogens is 558 g/mol. The minimum absolute atomic E-state index is 0.0111. The Kier molecular flexibility index (Phi) is 35.2. The first-order valence-corrected chi connectivity index (χ1v) is 20.0. The maximum atomic E-state index is 12.3. The zero-order valence-corrected chi connectivity index (χ0v) is 30.3. The number of aliphatic hydroxyl groups excluding tert-OH is 3. The van der Waals surface area contributed by atoms with Crippen LogP contribution in [0.4, 0.5) is 0 Å². The molecule has 268 valence electrons. The van der Waals surface area contributed by atoms with E-state index in [9.17, 15) is 20.1 Å². The lowest BCUT2D eigenvalue weighted by Crippen LogP contribution is -2.46. The zero-order valence-electron chi connectivity index (χ0n) is 30.3. The Labute approximate surface area is 280 Å². The first-order valence-electron chi connectivity index (χ1n) is 20.0. The van der Waals surface area contributed by atoms with Crippen LogP contribution in [-0.4, -0.2) is 46.1 Å². The average Bonchev–Trinajstić information content (AvgIpc) is 3.03. The maximum Gasteiger partial charge on any atom is 0.222 e. The summed E-state index contributed by atoms with van der Waals surface area (Å²) in [5.74, 6) is -0.318. The van der Waals surface area contributed by atoms with Gasteiger partial charge < -0.3 is 20.6 Å². The molecule has 0 aromatic carbocycles. The third kappa shape index (κ3) is 32.8. The predicted octanol–water partition coefficient (Wildman–Crippen LogP) is 10.9. The Balaban J connectivity index is 3.54.